The lowest BCUT2D eigenvalue weighted by Gasteiger charge is -2.10. The van der Waals surface area contributed by atoms with Crippen molar-refractivity contribution in [3.8, 4) is 0 Å². The quantitative estimate of drug-likeness (QED) is 0.657. The zero-order chi connectivity index (χ0) is 15.4. The first-order chi connectivity index (χ1) is 9.99. The van der Waals surface area contributed by atoms with Gasteiger partial charge in [-0.1, -0.05) is 6.92 Å². The molecule has 0 aliphatic rings. The number of nitro groups is 1. The summed E-state index contributed by atoms with van der Waals surface area (Å²) in [5, 5.41) is 16.5. The fraction of sp³-hybridized carbons (Fsp3) is 0.308. The van der Waals surface area contributed by atoms with Crippen LogP contribution in [0.25, 0.3) is 0 Å². The summed E-state index contributed by atoms with van der Waals surface area (Å²) < 4.78 is 26.8. The fourth-order valence-electron chi connectivity index (χ4n) is 1.84. The normalized spacial score (nSPS) is 12.3. The predicted octanol–water partition coefficient (Wildman–Crippen LogP) is 3.22. The Hall–Kier alpha value is -1.93. The Kier molecular flexibility index (Phi) is 4.92. The third-order valence-electron chi connectivity index (χ3n) is 2.95. The molecule has 0 radical (unpaired) electrons. The average Bonchev–Trinajstić information content (AvgIpc) is 2.94. The van der Waals surface area contributed by atoms with E-state index in [9.17, 15) is 18.9 Å². The van der Waals surface area contributed by atoms with E-state index in [0.29, 0.717) is 12.6 Å². The Balaban J connectivity index is 2.00. The summed E-state index contributed by atoms with van der Waals surface area (Å²) in [4.78, 5) is 13.9. The number of rotatable bonds is 6. The van der Waals surface area contributed by atoms with Crippen molar-refractivity contribution in [3.05, 3.63) is 56.0 Å². The van der Waals surface area contributed by atoms with Gasteiger partial charge in [-0.2, -0.15) is 4.39 Å². The van der Waals surface area contributed by atoms with Crippen LogP contribution in [0.4, 0.5) is 14.5 Å². The number of nitro benzene ring substituents is 1. The lowest BCUT2D eigenvalue weighted by atomic mass is 10.1. The molecule has 1 atom stereocenters. The van der Waals surface area contributed by atoms with E-state index < -0.39 is 22.2 Å². The number of thiazole rings is 1. The molecule has 2 rings (SSSR count). The summed E-state index contributed by atoms with van der Waals surface area (Å²) in [5.41, 5.74) is -0.657. The maximum atomic E-state index is 13.6. The molecule has 0 spiro atoms. The summed E-state index contributed by atoms with van der Waals surface area (Å²) in [5.74, 6) is -1.83. The highest BCUT2D eigenvalue weighted by molar-refractivity contribution is 7.09. The lowest BCUT2D eigenvalue weighted by Crippen LogP contribution is -2.20. The minimum absolute atomic E-state index is 0.0643. The van der Waals surface area contributed by atoms with Crippen molar-refractivity contribution in [3.63, 3.8) is 0 Å². The van der Waals surface area contributed by atoms with Gasteiger partial charge in [0.15, 0.2) is 0 Å². The smallest absolute Gasteiger partial charge is 0.305 e. The van der Waals surface area contributed by atoms with Gasteiger partial charge in [0.25, 0.3) is 0 Å². The van der Waals surface area contributed by atoms with E-state index >= 15 is 0 Å². The van der Waals surface area contributed by atoms with Crippen LogP contribution in [0.1, 0.15) is 23.4 Å². The Morgan fingerprint density at radius 1 is 1.43 bits per heavy atom. The molecule has 0 aliphatic heterocycles. The SMILES string of the molecule is CC(CNCc1cc([N+](=O)[O-])c(F)cc1F)c1nccs1. The first-order valence-corrected chi connectivity index (χ1v) is 7.09. The van der Waals surface area contributed by atoms with Gasteiger partial charge in [-0.05, 0) is 0 Å². The molecule has 0 saturated carbocycles. The molecule has 1 unspecified atom stereocenters. The van der Waals surface area contributed by atoms with Crippen molar-refractivity contribution in [2.75, 3.05) is 6.54 Å². The minimum atomic E-state index is -1.17. The number of nitrogens with zero attached hydrogens (tertiary/aromatic N) is 2. The minimum Gasteiger partial charge on any atom is -0.312 e. The largest absolute Gasteiger partial charge is 0.312 e. The van der Waals surface area contributed by atoms with E-state index in [1.165, 1.54) is 11.3 Å². The summed E-state index contributed by atoms with van der Waals surface area (Å²) in [6, 6.07) is 1.46. The van der Waals surface area contributed by atoms with Gasteiger partial charge in [0.05, 0.1) is 9.93 Å². The van der Waals surface area contributed by atoms with Crippen molar-refractivity contribution in [1.82, 2.24) is 10.3 Å². The van der Waals surface area contributed by atoms with Crippen LogP contribution >= 0.6 is 11.3 Å². The first-order valence-electron chi connectivity index (χ1n) is 6.21. The molecular formula is C13H13F2N3O2S. The lowest BCUT2D eigenvalue weighted by molar-refractivity contribution is -0.387. The Bertz CT molecular complexity index is 635. The molecular weight excluding hydrogens is 300 g/mol. The molecule has 2 aromatic rings. The number of hydrogen-bond donors (Lipinski definition) is 1. The molecule has 1 N–H and O–H groups in total. The van der Waals surface area contributed by atoms with E-state index in [1.807, 2.05) is 12.3 Å². The summed E-state index contributed by atoms with van der Waals surface area (Å²) in [7, 11) is 0. The molecule has 0 fully saturated rings. The zero-order valence-corrected chi connectivity index (χ0v) is 12.0. The number of nitrogens with one attached hydrogen (secondary N) is 1. The average molecular weight is 313 g/mol. The van der Waals surface area contributed by atoms with Crippen molar-refractivity contribution < 1.29 is 13.7 Å². The second-order valence-corrected chi connectivity index (χ2v) is 5.48. The zero-order valence-electron chi connectivity index (χ0n) is 11.2. The van der Waals surface area contributed by atoms with Gasteiger partial charge in [-0.3, -0.25) is 10.1 Å². The monoisotopic (exact) mass is 313 g/mol. The standard InChI is InChI=1S/C13H13F2N3O2S/c1-8(13-17-2-3-21-13)6-16-7-9-4-12(18(19)20)11(15)5-10(9)14/h2-5,8,16H,6-7H2,1H3. The van der Waals surface area contributed by atoms with E-state index in [2.05, 4.69) is 10.3 Å². The number of aromatic nitrogens is 1. The fourth-order valence-corrected chi connectivity index (χ4v) is 2.54. The van der Waals surface area contributed by atoms with E-state index in [1.54, 1.807) is 6.20 Å². The summed E-state index contributed by atoms with van der Waals surface area (Å²) in [6.45, 7) is 2.59. The van der Waals surface area contributed by atoms with Crippen LogP contribution in [0.5, 0.6) is 0 Å². The Morgan fingerprint density at radius 2 is 2.19 bits per heavy atom. The Morgan fingerprint density at radius 3 is 2.81 bits per heavy atom. The Labute approximate surface area is 123 Å². The van der Waals surface area contributed by atoms with E-state index in [0.717, 1.165) is 11.1 Å². The van der Waals surface area contributed by atoms with Gasteiger partial charge in [0, 0.05) is 48.3 Å². The maximum absolute atomic E-state index is 13.6. The van der Waals surface area contributed by atoms with Crippen LogP contribution in [-0.4, -0.2) is 16.5 Å². The number of halogens is 2. The molecule has 1 aromatic heterocycles. The van der Waals surface area contributed by atoms with Crippen molar-refractivity contribution in [1.29, 1.82) is 0 Å². The molecule has 0 saturated heterocycles. The van der Waals surface area contributed by atoms with Crippen LogP contribution in [0, 0.1) is 21.7 Å². The highest BCUT2D eigenvalue weighted by Gasteiger charge is 2.18. The van der Waals surface area contributed by atoms with Gasteiger partial charge in [0.1, 0.15) is 5.82 Å². The van der Waals surface area contributed by atoms with Crippen molar-refractivity contribution in [2.45, 2.75) is 19.4 Å². The maximum Gasteiger partial charge on any atom is 0.305 e. The van der Waals surface area contributed by atoms with Crippen LogP contribution in [0.3, 0.4) is 0 Å². The molecule has 0 amide bonds. The third kappa shape index (κ3) is 3.79. The summed E-state index contributed by atoms with van der Waals surface area (Å²) in [6.07, 6.45) is 1.71. The van der Waals surface area contributed by atoms with Gasteiger partial charge in [-0.25, -0.2) is 9.37 Å². The van der Waals surface area contributed by atoms with E-state index in [-0.39, 0.29) is 18.0 Å². The van der Waals surface area contributed by atoms with Gasteiger partial charge >= 0.3 is 5.69 Å². The second-order valence-electron chi connectivity index (χ2n) is 4.55. The highest BCUT2D eigenvalue weighted by atomic mass is 32.1. The molecule has 1 heterocycles. The molecule has 112 valence electrons. The summed E-state index contributed by atoms with van der Waals surface area (Å²) >= 11 is 1.52. The van der Waals surface area contributed by atoms with Crippen LogP contribution < -0.4 is 5.32 Å². The highest BCUT2D eigenvalue weighted by Crippen LogP contribution is 2.22. The third-order valence-corrected chi connectivity index (χ3v) is 3.96. The predicted molar refractivity (Wildman–Crippen MR) is 75.2 cm³/mol. The molecule has 21 heavy (non-hydrogen) atoms. The molecule has 8 heteroatoms. The van der Waals surface area contributed by atoms with Crippen molar-refractivity contribution >= 4 is 17.0 Å². The van der Waals surface area contributed by atoms with E-state index in [4.69, 9.17) is 0 Å². The first kappa shape index (κ1) is 15.5. The molecule has 5 nitrogen and oxygen atoms in total. The second kappa shape index (κ2) is 6.68. The molecule has 0 aliphatic carbocycles. The number of benzene rings is 1. The number of hydrogen-bond acceptors (Lipinski definition) is 5. The molecule has 0 bridgehead atoms. The van der Waals surface area contributed by atoms with Crippen LogP contribution in [0.15, 0.2) is 23.7 Å². The van der Waals surface area contributed by atoms with Crippen molar-refractivity contribution in [2.24, 2.45) is 0 Å². The molecule has 1 aromatic carbocycles. The van der Waals surface area contributed by atoms with Crippen LogP contribution in [0.2, 0.25) is 0 Å². The topological polar surface area (TPSA) is 68.1 Å². The van der Waals surface area contributed by atoms with Gasteiger partial charge < -0.3 is 5.32 Å². The van der Waals surface area contributed by atoms with Gasteiger partial charge in [-0.15, -0.1) is 11.3 Å². The van der Waals surface area contributed by atoms with Crippen LogP contribution in [-0.2, 0) is 6.54 Å². The van der Waals surface area contributed by atoms with Gasteiger partial charge in [0.2, 0.25) is 5.82 Å².